The van der Waals surface area contributed by atoms with E-state index in [1.165, 1.54) is 23.7 Å². The molecule has 2 heterocycles. The summed E-state index contributed by atoms with van der Waals surface area (Å²) in [4.78, 5) is 28.7. The highest BCUT2D eigenvalue weighted by molar-refractivity contribution is 7.13. The van der Waals surface area contributed by atoms with E-state index in [9.17, 15) is 9.59 Å². The van der Waals surface area contributed by atoms with E-state index < -0.39 is 0 Å². The molecule has 92 valence electrons. The van der Waals surface area contributed by atoms with E-state index in [1.54, 1.807) is 18.2 Å². The van der Waals surface area contributed by atoms with Crippen molar-refractivity contribution < 1.29 is 9.59 Å². The van der Waals surface area contributed by atoms with Crippen molar-refractivity contribution in [1.29, 1.82) is 0 Å². The van der Waals surface area contributed by atoms with Crippen molar-refractivity contribution in [3.63, 3.8) is 0 Å². The predicted octanol–water partition coefficient (Wildman–Crippen LogP) is 1.53. The van der Waals surface area contributed by atoms with Crippen LogP contribution in [0.5, 0.6) is 0 Å². The summed E-state index contributed by atoms with van der Waals surface area (Å²) in [5.41, 5.74) is 5.15. The Morgan fingerprint density at radius 3 is 2.33 bits per heavy atom. The Morgan fingerprint density at radius 2 is 1.72 bits per heavy atom. The molecule has 0 fully saturated rings. The largest absolute Gasteiger partial charge is 0.279 e. The number of carbonyl (C=O) groups is 2. The molecule has 0 radical (unpaired) electrons. The van der Waals surface area contributed by atoms with Crippen molar-refractivity contribution in [2.24, 2.45) is 0 Å². The summed E-state index contributed by atoms with van der Waals surface area (Å²) >= 11 is 1.37. The summed E-state index contributed by atoms with van der Waals surface area (Å²) in [6.45, 7) is 1.91. The van der Waals surface area contributed by atoms with Crippen molar-refractivity contribution in [2.45, 2.75) is 6.92 Å². The molecule has 2 rings (SSSR count). The molecule has 0 saturated heterocycles. The zero-order chi connectivity index (χ0) is 13.0. The number of carbonyl (C=O) groups excluding carboxylic acids is 2. The fraction of sp³-hybridized carbons (Fsp3) is 0.0833. The van der Waals surface area contributed by atoms with Gasteiger partial charge in [-0.3, -0.25) is 25.4 Å². The van der Waals surface area contributed by atoms with Crippen LogP contribution in [0.2, 0.25) is 0 Å². The van der Waals surface area contributed by atoms with Crippen molar-refractivity contribution in [3.8, 4) is 0 Å². The maximum atomic E-state index is 11.7. The van der Waals surface area contributed by atoms with Crippen LogP contribution in [-0.2, 0) is 0 Å². The van der Waals surface area contributed by atoms with Crippen LogP contribution in [0, 0.1) is 6.92 Å². The first-order valence-corrected chi connectivity index (χ1v) is 6.05. The lowest BCUT2D eigenvalue weighted by Crippen LogP contribution is -2.41. The molecule has 0 aliphatic carbocycles. The second-order valence-electron chi connectivity index (χ2n) is 3.55. The Kier molecular flexibility index (Phi) is 3.69. The van der Waals surface area contributed by atoms with Crippen LogP contribution in [0.1, 0.15) is 24.9 Å². The molecule has 0 spiro atoms. The van der Waals surface area contributed by atoms with Gasteiger partial charge in [-0.15, -0.1) is 11.3 Å². The smallest absolute Gasteiger partial charge is 0.267 e. The zero-order valence-corrected chi connectivity index (χ0v) is 10.5. The lowest BCUT2D eigenvalue weighted by molar-refractivity contribution is 0.0849. The van der Waals surface area contributed by atoms with Crippen molar-refractivity contribution in [1.82, 2.24) is 15.8 Å². The normalized spacial score (nSPS) is 9.83. The van der Waals surface area contributed by atoms with Gasteiger partial charge < -0.3 is 0 Å². The minimum atomic E-state index is -0.376. The van der Waals surface area contributed by atoms with E-state index >= 15 is 0 Å². The van der Waals surface area contributed by atoms with Crippen molar-refractivity contribution in [2.75, 3.05) is 0 Å². The van der Waals surface area contributed by atoms with Gasteiger partial charge in [0.15, 0.2) is 0 Å². The molecule has 0 aliphatic rings. The lowest BCUT2D eigenvalue weighted by Gasteiger charge is -2.05. The number of thiophene rings is 1. The summed E-state index contributed by atoms with van der Waals surface area (Å²) in [5.74, 6) is -0.700. The maximum Gasteiger partial charge on any atom is 0.279 e. The molecule has 2 amide bonds. The molecule has 2 aromatic rings. The second kappa shape index (κ2) is 5.42. The summed E-state index contributed by atoms with van der Waals surface area (Å²) in [7, 11) is 0. The summed E-state index contributed by atoms with van der Waals surface area (Å²) < 4.78 is 0. The topological polar surface area (TPSA) is 71.1 Å². The second-order valence-corrected chi connectivity index (χ2v) is 4.84. The van der Waals surface area contributed by atoms with Crippen LogP contribution < -0.4 is 10.9 Å². The fourth-order valence-corrected chi connectivity index (χ4v) is 2.07. The van der Waals surface area contributed by atoms with Crippen LogP contribution in [0.3, 0.4) is 0 Å². The lowest BCUT2D eigenvalue weighted by atomic mass is 10.3. The van der Waals surface area contributed by atoms with Gasteiger partial charge in [0.05, 0.1) is 4.88 Å². The highest BCUT2D eigenvalue weighted by Crippen LogP contribution is 2.14. The number of hydrazine groups is 1. The number of hydrogen-bond acceptors (Lipinski definition) is 4. The number of nitrogens with one attached hydrogen (secondary N) is 2. The van der Waals surface area contributed by atoms with E-state index in [4.69, 9.17) is 0 Å². The first-order chi connectivity index (χ1) is 8.66. The molecule has 5 nitrogen and oxygen atoms in total. The van der Waals surface area contributed by atoms with Crippen LogP contribution >= 0.6 is 11.3 Å². The zero-order valence-electron chi connectivity index (χ0n) is 9.64. The Balaban J connectivity index is 1.92. The molecule has 0 aromatic carbocycles. The molecule has 2 N–H and O–H groups in total. The van der Waals surface area contributed by atoms with Gasteiger partial charge in [-0.05, 0) is 31.2 Å². The van der Waals surface area contributed by atoms with Gasteiger partial charge in [-0.1, -0.05) is 0 Å². The number of hydrogen-bond donors (Lipinski definition) is 2. The number of amides is 2. The highest BCUT2D eigenvalue weighted by atomic mass is 32.1. The third-order valence-electron chi connectivity index (χ3n) is 2.20. The Hall–Kier alpha value is -2.21. The molecular weight excluding hydrogens is 250 g/mol. The first-order valence-electron chi connectivity index (χ1n) is 5.24. The van der Waals surface area contributed by atoms with E-state index in [1.807, 2.05) is 13.0 Å². The molecular formula is C12H11N3O2S. The van der Waals surface area contributed by atoms with Crippen LogP contribution in [0.4, 0.5) is 0 Å². The number of pyridine rings is 1. The Morgan fingerprint density at radius 1 is 1.06 bits per heavy atom. The highest BCUT2D eigenvalue weighted by Gasteiger charge is 2.10. The van der Waals surface area contributed by atoms with E-state index in [2.05, 4.69) is 15.8 Å². The van der Waals surface area contributed by atoms with Gasteiger partial charge in [-0.2, -0.15) is 0 Å². The number of rotatable bonds is 2. The number of nitrogens with zero attached hydrogens (tertiary/aromatic N) is 1. The average Bonchev–Trinajstić information content (AvgIpc) is 2.83. The Bertz CT molecular complexity index is 566. The van der Waals surface area contributed by atoms with Gasteiger partial charge in [0.2, 0.25) is 0 Å². The molecule has 0 aliphatic heterocycles. The van der Waals surface area contributed by atoms with Gasteiger partial charge in [0.25, 0.3) is 11.8 Å². The summed E-state index contributed by atoms with van der Waals surface area (Å²) in [5, 5.41) is 0. The third kappa shape index (κ3) is 2.92. The van der Waals surface area contributed by atoms with Crippen LogP contribution in [-0.4, -0.2) is 16.8 Å². The standard InChI is InChI=1S/C12H11N3O2S/c1-8-2-3-10(18-8)12(17)15-14-11(16)9-4-6-13-7-5-9/h2-7H,1H3,(H,14,16)(H,15,17). The van der Waals surface area contributed by atoms with Crippen molar-refractivity contribution >= 4 is 23.2 Å². The quantitative estimate of drug-likeness (QED) is 0.805. The minimum Gasteiger partial charge on any atom is -0.267 e. The number of aromatic nitrogens is 1. The van der Waals surface area contributed by atoms with E-state index in [0.29, 0.717) is 10.4 Å². The maximum absolute atomic E-state index is 11.7. The SMILES string of the molecule is Cc1ccc(C(=O)NNC(=O)c2ccncc2)s1. The first kappa shape index (κ1) is 12.3. The summed E-state index contributed by atoms with van der Waals surface area (Å²) in [6, 6.07) is 6.70. The molecule has 2 aromatic heterocycles. The van der Waals surface area contributed by atoms with Crippen LogP contribution in [0.25, 0.3) is 0 Å². The van der Waals surface area contributed by atoms with Gasteiger partial charge >= 0.3 is 0 Å². The minimum absolute atomic E-state index is 0.324. The van der Waals surface area contributed by atoms with E-state index in [0.717, 1.165) is 4.88 Å². The molecule has 0 unspecified atom stereocenters. The Labute approximate surface area is 108 Å². The molecule has 0 saturated carbocycles. The van der Waals surface area contributed by atoms with Gasteiger partial charge in [-0.25, -0.2) is 0 Å². The van der Waals surface area contributed by atoms with Gasteiger partial charge in [0, 0.05) is 22.8 Å². The molecule has 0 bridgehead atoms. The average molecular weight is 261 g/mol. The molecule has 6 heteroatoms. The summed E-state index contributed by atoms with van der Waals surface area (Å²) in [6.07, 6.45) is 3.03. The van der Waals surface area contributed by atoms with Crippen molar-refractivity contribution in [3.05, 3.63) is 52.0 Å². The van der Waals surface area contributed by atoms with E-state index in [-0.39, 0.29) is 11.8 Å². The predicted molar refractivity (Wildman–Crippen MR) is 68.2 cm³/mol. The number of aryl methyl sites for hydroxylation is 1. The van der Waals surface area contributed by atoms with Crippen LogP contribution in [0.15, 0.2) is 36.7 Å². The monoisotopic (exact) mass is 261 g/mol. The molecule has 0 atom stereocenters. The fourth-order valence-electron chi connectivity index (χ4n) is 1.31. The third-order valence-corrected chi connectivity index (χ3v) is 3.20. The molecule has 18 heavy (non-hydrogen) atoms. The van der Waals surface area contributed by atoms with Gasteiger partial charge in [0.1, 0.15) is 0 Å².